The first-order valence-electron chi connectivity index (χ1n) is 26.1. The van der Waals surface area contributed by atoms with Crippen molar-refractivity contribution in [1.29, 1.82) is 0 Å². The molecule has 20 nitrogen and oxygen atoms in total. The van der Waals surface area contributed by atoms with E-state index in [4.69, 9.17) is 29.0 Å². The zero-order valence-electron chi connectivity index (χ0n) is 44.0. The van der Waals surface area contributed by atoms with Gasteiger partial charge < -0.3 is 50.2 Å². The molecule has 9 atom stereocenters. The third-order valence-electron chi connectivity index (χ3n) is 11.0. The Morgan fingerprint density at radius 1 is 0.724 bits per heavy atom. The Labute approximate surface area is 447 Å². The highest BCUT2D eigenvalue weighted by molar-refractivity contribution is 7.61. The smallest absolute Gasteiger partial charge is 0.462 e. The molecule has 0 aliphatic carbocycles. The number of ether oxygens (including phenoxy) is 3. The number of aromatic nitrogens is 2. The van der Waals surface area contributed by atoms with Gasteiger partial charge in [-0.15, -0.1) is 0 Å². The van der Waals surface area contributed by atoms with Crippen LogP contribution >= 0.6 is 15.6 Å². The lowest BCUT2D eigenvalue weighted by Gasteiger charge is -2.21. The number of allylic oxidation sites excluding steroid dienone is 14. The highest BCUT2D eigenvalue weighted by Gasteiger charge is 2.46. The van der Waals surface area contributed by atoms with Gasteiger partial charge in [0.2, 0.25) is 0 Å². The summed E-state index contributed by atoms with van der Waals surface area (Å²) >= 11 is 0. The molecule has 426 valence electrons. The fourth-order valence-corrected chi connectivity index (χ4v) is 9.05. The molecule has 1 aromatic heterocycles. The van der Waals surface area contributed by atoms with Crippen LogP contribution in [0.3, 0.4) is 0 Å². The fourth-order valence-electron chi connectivity index (χ4n) is 6.94. The number of nitrogens with two attached hydrogens (primary N) is 1. The molecule has 2 unspecified atom stereocenters. The predicted octanol–water partition coefficient (Wildman–Crippen LogP) is 8.94. The maximum Gasteiger partial charge on any atom is 0.481 e. The second-order valence-corrected chi connectivity index (χ2v) is 20.7. The van der Waals surface area contributed by atoms with Crippen LogP contribution in [0, 0.1) is 0 Å². The van der Waals surface area contributed by atoms with Crippen molar-refractivity contribution >= 4 is 33.4 Å². The Bertz CT molecular complexity index is 2240. The number of anilines is 1. The summed E-state index contributed by atoms with van der Waals surface area (Å²) in [5, 5.41) is 41.0. The van der Waals surface area contributed by atoms with Gasteiger partial charge in [0.05, 0.1) is 25.4 Å². The average Bonchev–Trinajstić information content (AvgIpc) is 3.65. The van der Waals surface area contributed by atoms with Crippen LogP contribution in [0.2, 0.25) is 0 Å². The molecule has 8 N–H and O–H groups in total. The molecule has 1 saturated heterocycles. The van der Waals surface area contributed by atoms with Crippen molar-refractivity contribution < 1.29 is 76.5 Å². The molecule has 1 aromatic rings. The Hall–Kier alpha value is -4.66. The maximum atomic E-state index is 12.9. The number of unbranched alkanes of at least 4 members (excludes halogenated alkanes) is 8. The summed E-state index contributed by atoms with van der Waals surface area (Å²) in [7, 11) is -11.0. The van der Waals surface area contributed by atoms with Gasteiger partial charge in [0.1, 0.15) is 30.7 Å². The molecule has 2 rings (SSSR count). The fraction of sp³-hybridized carbons (Fsp3) is 0.556. The summed E-state index contributed by atoms with van der Waals surface area (Å²) < 4.78 is 56.6. The van der Waals surface area contributed by atoms with Crippen molar-refractivity contribution in [2.45, 2.75) is 172 Å². The number of nitrogen functional groups attached to an aromatic ring is 1. The highest BCUT2D eigenvalue weighted by Crippen LogP contribution is 2.60. The highest BCUT2D eigenvalue weighted by atomic mass is 31.3. The number of esters is 2. The number of phosphoric ester groups is 2. The van der Waals surface area contributed by atoms with E-state index in [0.717, 1.165) is 62.1 Å². The quantitative estimate of drug-likeness (QED) is 0.0106. The molecule has 1 fully saturated rings. The lowest BCUT2D eigenvalue weighted by Crippen LogP contribution is -2.36. The van der Waals surface area contributed by atoms with Gasteiger partial charge in [0.25, 0.3) is 0 Å². The van der Waals surface area contributed by atoms with Crippen molar-refractivity contribution in [3.05, 3.63) is 132 Å². The third kappa shape index (κ3) is 32.8. The Balaban J connectivity index is 1.87. The van der Waals surface area contributed by atoms with Gasteiger partial charge in [-0.25, -0.2) is 13.9 Å². The molecular weight excluding hydrogens is 1020 g/mol. The van der Waals surface area contributed by atoms with Crippen LogP contribution in [0.5, 0.6) is 0 Å². The van der Waals surface area contributed by atoms with Gasteiger partial charge in [-0.3, -0.25) is 23.2 Å². The minimum absolute atomic E-state index is 0.0255. The van der Waals surface area contributed by atoms with Crippen molar-refractivity contribution in [3.63, 3.8) is 0 Å². The predicted molar refractivity (Wildman–Crippen MR) is 291 cm³/mol. The molecular formula is C54H83N3O17P2. The molecule has 0 amide bonds. The molecule has 76 heavy (non-hydrogen) atoms. The zero-order valence-corrected chi connectivity index (χ0v) is 45.8. The summed E-state index contributed by atoms with van der Waals surface area (Å²) in [5.74, 6) is -1.53. The Morgan fingerprint density at radius 3 is 2.03 bits per heavy atom. The van der Waals surface area contributed by atoms with Crippen molar-refractivity contribution in [2.75, 3.05) is 25.6 Å². The van der Waals surface area contributed by atoms with E-state index in [1.807, 2.05) is 37.3 Å². The van der Waals surface area contributed by atoms with Crippen molar-refractivity contribution in [3.8, 4) is 0 Å². The van der Waals surface area contributed by atoms with Crippen LogP contribution in [0.25, 0.3) is 0 Å². The Morgan fingerprint density at radius 2 is 1.34 bits per heavy atom. The van der Waals surface area contributed by atoms with Crippen LogP contribution in [0.4, 0.5) is 5.82 Å². The number of rotatable bonds is 41. The van der Waals surface area contributed by atoms with Gasteiger partial charge in [0, 0.05) is 19.0 Å². The largest absolute Gasteiger partial charge is 0.481 e. The number of nitrogens with zero attached hydrogens (tertiary/aromatic N) is 2. The second-order valence-electron chi connectivity index (χ2n) is 17.7. The summed E-state index contributed by atoms with van der Waals surface area (Å²) in [6, 6.07) is 1.23. The Kier molecular flexibility index (Phi) is 36.0. The number of carbonyl (C=O) groups is 2. The monoisotopic (exact) mass is 1110 g/mol. The van der Waals surface area contributed by atoms with E-state index >= 15 is 0 Å². The van der Waals surface area contributed by atoms with E-state index in [-0.39, 0.29) is 18.7 Å². The summed E-state index contributed by atoms with van der Waals surface area (Å²) in [6.45, 7) is 1.72. The van der Waals surface area contributed by atoms with Crippen LogP contribution in [0.1, 0.15) is 136 Å². The van der Waals surface area contributed by atoms with Crippen LogP contribution in [0.15, 0.2) is 126 Å². The molecule has 0 spiro atoms. The van der Waals surface area contributed by atoms with E-state index in [2.05, 4.69) is 52.7 Å². The number of hydrogen-bond acceptors (Lipinski definition) is 17. The standard InChI is InChI=1S/C54H83N3O17P2/c1-3-5-7-8-9-10-11-12-13-14-15-16-17-18-22-25-31-38-50(61)72-46(41-69-49(60)37-32-26-30-36-45(59)35-29-24-21-19-20-23-28-34-44(58)33-27-6-4-2)42-70-75(65,66)74-76(67,68)71-43-47-51(62)52(63)53(73-47)57-40-39-48(55)56-54(57)64/h6,9-10,12-13,15-16,20-21,23-24,27-30,34-36,39-40,44-47,51-53,58-59,62-63H,3-5,7-8,11,14,17-19,22,25-26,31-33,37-38,41-43H2,1-2H3,(H,65,66)(H,67,68)(H2,55,56,64)/b10-9-,13-12-,16-15-,23-20-,24-21-,27-6-,34-28+,35-29+,36-30-/t44-,45-,46-,47-,51-,52-,53-/m1/s1. The molecule has 2 heterocycles. The third-order valence-corrected chi connectivity index (χ3v) is 13.6. The normalized spacial score (nSPS) is 20.4. The SMILES string of the molecule is CC/C=C\C[C@@H](O)/C=C/C=C\C/C=C\C=C\[C@@H](O)/C=C\CCCC(=O)OC[C@H](COP(=O)(O)OP(=O)(O)OC[C@H]1O[C@@H](n2ccc(N)nc2=O)[C@H](O)[C@@H]1O)OC(=O)CCCCCC/C=C\C/C=C\C/C=C\CCCCC. The minimum atomic E-state index is -5.48. The number of aliphatic hydroxyl groups excluding tert-OH is 4. The lowest BCUT2D eigenvalue weighted by atomic mass is 10.1. The molecule has 0 radical (unpaired) electrons. The van der Waals surface area contributed by atoms with Gasteiger partial charge in [-0.1, -0.05) is 149 Å². The van der Waals surface area contributed by atoms with E-state index < -0.39 is 95.9 Å². The lowest BCUT2D eigenvalue weighted by molar-refractivity contribution is -0.161. The first kappa shape index (κ1) is 67.4. The van der Waals surface area contributed by atoms with Gasteiger partial charge in [-0.05, 0) is 83.1 Å². The number of aliphatic hydroxyl groups is 4. The molecule has 0 aromatic carbocycles. The van der Waals surface area contributed by atoms with E-state index in [1.54, 1.807) is 42.5 Å². The van der Waals surface area contributed by atoms with Crippen LogP contribution < -0.4 is 11.4 Å². The minimum Gasteiger partial charge on any atom is -0.462 e. The van der Waals surface area contributed by atoms with E-state index in [0.29, 0.717) is 32.1 Å². The first-order valence-corrected chi connectivity index (χ1v) is 29.1. The van der Waals surface area contributed by atoms with Crippen molar-refractivity contribution in [2.24, 2.45) is 0 Å². The van der Waals surface area contributed by atoms with Gasteiger partial charge >= 0.3 is 33.3 Å². The summed E-state index contributed by atoms with van der Waals surface area (Å²) in [6.07, 6.45) is 39.5. The maximum absolute atomic E-state index is 12.9. The second kappa shape index (κ2) is 40.5. The molecule has 0 saturated carbocycles. The van der Waals surface area contributed by atoms with E-state index in [9.17, 15) is 53.7 Å². The zero-order chi connectivity index (χ0) is 55.9. The molecule has 0 bridgehead atoms. The molecule has 1 aliphatic heterocycles. The van der Waals surface area contributed by atoms with Crippen LogP contribution in [-0.4, -0.2) is 108 Å². The summed E-state index contributed by atoms with van der Waals surface area (Å²) in [5.41, 5.74) is 4.57. The van der Waals surface area contributed by atoms with Crippen LogP contribution in [-0.2, 0) is 46.3 Å². The van der Waals surface area contributed by atoms with Gasteiger partial charge in [0.15, 0.2) is 12.3 Å². The number of hydrogen-bond donors (Lipinski definition) is 7. The summed E-state index contributed by atoms with van der Waals surface area (Å²) in [4.78, 5) is 62.0. The van der Waals surface area contributed by atoms with Crippen molar-refractivity contribution in [1.82, 2.24) is 9.55 Å². The average molecular weight is 1110 g/mol. The molecule has 1 aliphatic rings. The number of carbonyl (C=O) groups excluding carboxylic acids is 2. The number of phosphoric acid groups is 2. The topological polar surface area (TPSA) is 306 Å². The van der Waals surface area contributed by atoms with Gasteiger partial charge in [-0.2, -0.15) is 9.29 Å². The first-order chi connectivity index (χ1) is 36.5. The van der Waals surface area contributed by atoms with E-state index in [1.165, 1.54) is 25.3 Å². The molecule has 22 heteroatoms.